The number of thioether (sulfide) groups is 1. The van der Waals surface area contributed by atoms with E-state index in [1.165, 1.54) is 26.2 Å². The van der Waals surface area contributed by atoms with Crippen molar-refractivity contribution in [2.45, 2.75) is 19.9 Å². The first kappa shape index (κ1) is 17.9. The standard InChI is InChI=1S/C16H17NO6S/c1-4-23-15(20)9(2)17-14(19)13(24-16(17)21)8-10-5-6-12(22-3)11(18)7-10/h5-9,18H,4H2,1-3H3/b13-8-/t9-/m1/s1. The van der Waals surface area contributed by atoms with Crippen molar-refractivity contribution in [2.24, 2.45) is 0 Å². The lowest BCUT2D eigenvalue weighted by Crippen LogP contribution is -2.42. The Bertz CT molecular complexity index is 715. The molecule has 0 aromatic heterocycles. The lowest BCUT2D eigenvalue weighted by atomic mass is 10.2. The Labute approximate surface area is 143 Å². The van der Waals surface area contributed by atoms with Crippen molar-refractivity contribution in [3.05, 3.63) is 28.7 Å². The number of rotatable bonds is 5. The largest absolute Gasteiger partial charge is 0.504 e. The summed E-state index contributed by atoms with van der Waals surface area (Å²) < 4.78 is 9.80. The first-order valence-corrected chi connectivity index (χ1v) is 8.01. The van der Waals surface area contributed by atoms with E-state index in [0.717, 1.165) is 16.7 Å². The maximum absolute atomic E-state index is 12.4. The number of methoxy groups -OCH3 is 1. The van der Waals surface area contributed by atoms with Gasteiger partial charge in [-0.05, 0) is 49.4 Å². The summed E-state index contributed by atoms with van der Waals surface area (Å²) in [6.45, 7) is 3.26. The number of hydrogen-bond donors (Lipinski definition) is 1. The maximum Gasteiger partial charge on any atom is 0.329 e. The third-order valence-electron chi connectivity index (χ3n) is 3.34. The van der Waals surface area contributed by atoms with Gasteiger partial charge in [0.05, 0.1) is 18.6 Å². The van der Waals surface area contributed by atoms with E-state index < -0.39 is 23.2 Å². The Morgan fingerprint density at radius 1 is 1.42 bits per heavy atom. The molecule has 1 saturated heterocycles. The molecule has 1 atom stereocenters. The lowest BCUT2D eigenvalue weighted by Gasteiger charge is -2.19. The molecule has 0 unspecified atom stereocenters. The van der Waals surface area contributed by atoms with Gasteiger partial charge in [0.15, 0.2) is 11.5 Å². The van der Waals surface area contributed by atoms with Crippen molar-refractivity contribution in [2.75, 3.05) is 13.7 Å². The molecule has 0 radical (unpaired) electrons. The zero-order valence-corrected chi connectivity index (χ0v) is 14.3. The summed E-state index contributed by atoms with van der Waals surface area (Å²) in [5.74, 6) is -0.981. The summed E-state index contributed by atoms with van der Waals surface area (Å²) in [7, 11) is 1.43. The van der Waals surface area contributed by atoms with Crippen LogP contribution in [0.2, 0.25) is 0 Å². The smallest absolute Gasteiger partial charge is 0.329 e. The first-order chi connectivity index (χ1) is 11.4. The van der Waals surface area contributed by atoms with Crippen molar-refractivity contribution >= 4 is 35.0 Å². The summed E-state index contributed by atoms with van der Waals surface area (Å²) in [5.41, 5.74) is 0.530. The van der Waals surface area contributed by atoms with Gasteiger partial charge < -0.3 is 14.6 Å². The highest BCUT2D eigenvalue weighted by atomic mass is 32.2. The summed E-state index contributed by atoms with van der Waals surface area (Å²) in [4.78, 5) is 37.2. The van der Waals surface area contributed by atoms with Gasteiger partial charge in [0, 0.05) is 0 Å². The van der Waals surface area contributed by atoms with E-state index in [2.05, 4.69) is 0 Å². The van der Waals surface area contributed by atoms with E-state index in [9.17, 15) is 19.5 Å². The van der Waals surface area contributed by atoms with E-state index >= 15 is 0 Å². The maximum atomic E-state index is 12.4. The molecule has 1 aliphatic heterocycles. The summed E-state index contributed by atoms with van der Waals surface area (Å²) in [6, 6.07) is 3.61. The average molecular weight is 351 g/mol. The van der Waals surface area contributed by atoms with Crippen LogP contribution in [0.25, 0.3) is 6.08 Å². The second-order valence-corrected chi connectivity index (χ2v) is 5.90. The molecular formula is C16H17NO6S. The molecule has 1 aromatic rings. The quantitative estimate of drug-likeness (QED) is 0.643. The van der Waals surface area contributed by atoms with Gasteiger partial charge in [0.2, 0.25) is 0 Å². The van der Waals surface area contributed by atoms with Gasteiger partial charge in [-0.25, -0.2) is 4.79 Å². The van der Waals surface area contributed by atoms with E-state index in [0.29, 0.717) is 11.3 Å². The van der Waals surface area contributed by atoms with Crippen LogP contribution >= 0.6 is 11.8 Å². The molecule has 1 N–H and O–H groups in total. The van der Waals surface area contributed by atoms with E-state index in [4.69, 9.17) is 9.47 Å². The monoisotopic (exact) mass is 351 g/mol. The molecule has 128 valence electrons. The molecule has 7 nitrogen and oxygen atoms in total. The zero-order chi connectivity index (χ0) is 17.9. The highest BCUT2D eigenvalue weighted by molar-refractivity contribution is 8.18. The van der Waals surface area contributed by atoms with Crippen LogP contribution in [0.1, 0.15) is 19.4 Å². The Kier molecular flexibility index (Phi) is 5.50. The minimum Gasteiger partial charge on any atom is -0.504 e. The number of ether oxygens (including phenoxy) is 2. The number of aromatic hydroxyl groups is 1. The molecule has 0 bridgehead atoms. The van der Waals surface area contributed by atoms with Crippen molar-refractivity contribution < 1.29 is 29.0 Å². The van der Waals surface area contributed by atoms with Gasteiger partial charge in [-0.2, -0.15) is 0 Å². The van der Waals surface area contributed by atoms with Crippen LogP contribution in [0.3, 0.4) is 0 Å². The van der Waals surface area contributed by atoms with Crippen LogP contribution in [0, 0.1) is 0 Å². The highest BCUT2D eigenvalue weighted by Gasteiger charge is 2.41. The number of carbonyl (C=O) groups is 3. The second-order valence-electron chi connectivity index (χ2n) is 4.91. The average Bonchev–Trinajstić information content (AvgIpc) is 2.81. The summed E-state index contributed by atoms with van der Waals surface area (Å²) >= 11 is 0.734. The zero-order valence-electron chi connectivity index (χ0n) is 13.4. The Hall–Kier alpha value is -2.48. The molecule has 2 rings (SSSR count). The molecule has 2 amide bonds. The molecule has 8 heteroatoms. The first-order valence-electron chi connectivity index (χ1n) is 7.19. The van der Waals surface area contributed by atoms with Gasteiger partial charge in [0.25, 0.3) is 11.1 Å². The summed E-state index contributed by atoms with van der Waals surface area (Å²) in [6.07, 6.45) is 1.47. The Balaban J connectivity index is 2.24. The number of nitrogens with zero attached hydrogens (tertiary/aromatic N) is 1. The minimum atomic E-state index is -0.993. The third kappa shape index (κ3) is 3.53. The number of imide groups is 1. The number of esters is 1. The molecule has 1 heterocycles. The van der Waals surface area contributed by atoms with E-state index in [-0.39, 0.29) is 17.3 Å². The predicted octanol–water partition coefficient (Wildman–Crippen LogP) is 2.39. The number of phenolic OH excluding ortho intramolecular Hbond substituents is 1. The van der Waals surface area contributed by atoms with Crippen LogP contribution in [-0.2, 0) is 14.3 Å². The van der Waals surface area contributed by atoms with Crippen LogP contribution < -0.4 is 4.74 Å². The van der Waals surface area contributed by atoms with Crippen molar-refractivity contribution in [1.82, 2.24) is 4.90 Å². The molecule has 24 heavy (non-hydrogen) atoms. The molecular weight excluding hydrogens is 334 g/mol. The number of amides is 2. The van der Waals surface area contributed by atoms with Gasteiger partial charge in [-0.3, -0.25) is 14.5 Å². The number of hydrogen-bond acceptors (Lipinski definition) is 7. The second kappa shape index (κ2) is 7.39. The highest BCUT2D eigenvalue weighted by Crippen LogP contribution is 2.35. The number of benzene rings is 1. The van der Waals surface area contributed by atoms with Gasteiger partial charge in [-0.15, -0.1) is 0 Å². The number of phenols is 1. The molecule has 1 aromatic carbocycles. The van der Waals surface area contributed by atoms with Crippen LogP contribution in [0.5, 0.6) is 11.5 Å². The molecule has 0 spiro atoms. The normalized spacial score (nSPS) is 17.3. The third-order valence-corrected chi connectivity index (χ3v) is 4.22. The van der Waals surface area contributed by atoms with Gasteiger partial charge >= 0.3 is 5.97 Å². The van der Waals surface area contributed by atoms with Crippen LogP contribution in [0.15, 0.2) is 23.1 Å². The predicted molar refractivity (Wildman–Crippen MR) is 88.6 cm³/mol. The molecule has 1 fully saturated rings. The molecule has 0 aliphatic carbocycles. The van der Waals surface area contributed by atoms with Gasteiger partial charge in [-0.1, -0.05) is 6.07 Å². The Morgan fingerprint density at radius 3 is 2.71 bits per heavy atom. The van der Waals surface area contributed by atoms with Gasteiger partial charge in [0.1, 0.15) is 6.04 Å². The number of carbonyl (C=O) groups excluding carboxylic acids is 3. The Morgan fingerprint density at radius 2 is 2.12 bits per heavy atom. The van der Waals surface area contributed by atoms with Crippen LogP contribution in [0.4, 0.5) is 4.79 Å². The fourth-order valence-corrected chi connectivity index (χ4v) is 3.04. The topological polar surface area (TPSA) is 93.1 Å². The molecule has 0 saturated carbocycles. The fraction of sp³-hybridized carbons (Fsp3) is 0.312. The van der Waals surface area contributed by atoms with E-state index in [1.54, 1.807) is 19.1 Å². The van der Waals surface area contributed by atoms with E-state index in [1.807, 2.05) is 0 Å². The van der Waals surface area contributed by atoms with Crippen molar-refractivity contribution in [1.29, 1.82) is 0 Å². The van der Waals surface area contributed by atoms with Crippen molar-refractivity contribution in [3.8, 4) is 11.5 Å². The molecule has 1 aliphatic rings. The van der Waals surface area contributed by atoms with Crippen molar-refractivity contribution in [3.63, 3.8) is 0 Å². The lowest BCUT2D eigenvalue weighted by molar-refractivity contribution is -0.150. The van der Waals surface area contributed by atoms with Crippen LogP contribution in [-0.4, -0.2) is 46.9 Å². The SMILES string of the molecule is CCOC(=O)[C@@H](C)N1C(=O)S/C(=C\c2ccc(OC)c(O)c2)C1=O. The fourth-order valence-electron chi connectivity index (χ4n) is 2.13. The summed E-state index contributed by atoms with van der Waals surface area (Å²) in [5, 5.41) is 9.23. The minimum absolute atomic E-state index is 0.0784.